The van der Waals surface area contributed by atoms with Crippen molar-refractivity contribution < 1.29 is 9.59 Å². The van der Waals surface area contributed by atoms with E-state index in [2.05, 4.69) is 29.6 Å². The van der Waals surface area contributed by atoms with Crippen molar-refractivity contribution in [3.63, 3.8) is 0 Å². The lowest BCUT2D eigenvalue weighted by molar-refractivity contribution is -0.136. The van der Waals surface area contributed by atoms with Gasteiger partial charge in [-0.15, -0.1) is 12.4 Å². The maximum absolute atomic E-state index is 12.9. The summed E-state index contributed by atoms with van der Waals surface area (Å²) in [7, 11) is 0. The van der Waals surface area contributed by atoms with Gasteiger partial charge in [-0.05, 0) is 49.1 Å². The number of aryl methyl sites for hydroxylation is 1. The number of carbonyl (C=O) groups excluding carboxylic acids is 2. The van der Waals surface area contributed by atoms with Crippen LogP contribution in [0.15, 0.2) is 24.3 Å². The quantitative estimate of drug-likeness (QED) is 0.797. The Morgan fingerprint density at radius 1 is 1.23 bits per heavy atom. The molecule has 1 fully saturated rings. The molecule has 2 amide bonds. The molecule has 0 heterocycles. The standard InChI is InChI=1S/C20H29N3O2.ClH/c1-13(2)19(21)20(25)22-12-18(24)23(15-10-11-15)17-9-5-7-14-6-3-4-8-16(14)17;/h3-4,6,8,13,15,17,19H,5,7,9-12,21H2,1-2H3,(H,22,25);1H/t17?,19-;/m0./s1. The predicted molar refractivity (Wildman–Crippen MR) is 105 cm³/mol. The molecule has 1 aromatic carbocycles. The Bertz CT molecular complexity index is 646. The molecule has 5 nitrogen and oxygen atoms in total. The highest BCUT2D eigenvalue weighted by Crippen LogP contribution is 2.40. The number of benzene rings is 1. The summed E-state index contributed by atoms with van der Waals surface area (Å²) in [4.78, 5) is 27.0. The van der Waals surface area contributed by atoms with Crippen LogP contribution >= 0.6 is 12.4 Å². The Balaban J connectivity index is 0.00000243. The van der Waals surface area contributed by atoms with Gasteiger partial charge in [0.1, 0.15) is 0 Å². The first-order valence-corrected chi connectivity index (χ1v) is 9.41. The summed E-state index contributed by atoms with van der Waals surface area (Å²) in [5.41, 5.74) is 8.49. The zero-order valence-corrected chi connectivity index (χ0v) is 16.4. The zero-order chi connectivity index (χ0) is 18.0. The average molecular weight is 380 g/mol. The van der Waals surface area contributed by atoms with E-state index in [4.69, 9.17) is 5.73 Å². The molecule has 0 radical (unpaired) electrons. The van der Waals surface area contributed by atoms with Gasteiger partial charge in [-0.25, -0.2) is 0 Å². The summed E-state index contributed by atoms with van der Waals surface area (Å²) in [5.74, 6) is -0.184. The van der Waals surface area contributed by atoms with Gasteiger partial charge in [0, 0.05) is 6.04 Å². The number of nitrogens with one attached hydrogen (secondary N) is 1. The second kappa shape index (κ2) is 8.87. The molecule has 2 aliphatic rings. The number of carbonyl (C=O) groups is 2. The lowest BCUT2D eigenvalue weighted by Crippen LogP contribution is -2.49. The highest BCUT2D eigenvalue weighted by Gasteiger charge is 2.39. The Kier molecular flexibility index (Phi) is 7.07. The molecule has 0 bridgehead atoms. The molecule has 2 atom stereocenters. The predicted octanol–water partition coefficient (Wildman–Crippen LogP) is 2.58. The number of nitrogens with two attached hydrogens (primary N) is 1. The zero-order valence-electron chi connectivity index (χ0n) is 15.6. The van der Waals surface area contributed by atoms with Crippen LogP contribution in [-0.4, -0.2) is 35.3 Å². The number of amides is 2. The van der Waals surface area contributed by atoms with Crippen LogP contribution in [0.2, 0.25) is 0 Å². The minimum absolute atomic E-state index is 0. The third-order valence-electron chi connectivity index (χ3n) is 5.34. The lowest BCUT2D eigenvalue weighted by Gasteiger charge is -2.36. The van der Waals surface area contributed by atoms with E-state index in [-0.39, 0.29) is 42.7 Å². The molecule has 3 N–H and O–H groups in total. The molecule has 2 aliphatic carbocycles. The number of fused-ring (bicyclic) bond motifs is 1. The Morgan fingerprint density at radius 2 is 1.92 bits per heavy atom. The van der Waals surface area contributed by atoms with Crippen LogP contribution in [0.1, 0.15) is 56.7 Å². The van der Waals surface area contributed by atoms with Crippen molar-refractivity contribution in [3.8, 4) is 0 Å². The number of hydrogen-bond acceptors (Lipinski definition) is 3. The van der Waals surface area contributed by atoms with Crippen LogP contribution < -0.4 is 11.1 Å². The maximum Gasteiger partial charge on any atom is 0.242 e. The van der Waals surface area contributed by atoms with Gasteiger partial charge in [-0.3, -0.25) is 9.59 Å². The van der Waals surface area contributed by atoms with Crippen LogP contribution in [0.5, 0.6) is 0 Å². The summed E-state index contributed by atoms with van der Waals surface area (Å²) in [6.07, 6.45) is 5.30. The first-order chi connectivity index (χ1) is 12.0. The normalized spacial score (nSPS) is 19.9. The van der Waals surface area contributed by atoms with Crippen LogP contribution in [-0.2, 0) is 16.0 Å². The third-order valence-corrected chi connectivity index (χ3v) is 5.34. The van der Waals surface area contributed by atoms with Gasteiger partial charge in [0.05, 0.1) is 18.6 Å². The van der Waals surface area contributed by atoms with Crippen molar-refractivity contribution in [1.29, 1.82) is 0 Å². The third kappa shape index (κ3) is 4.57. The molecule has 1 unspecified atom stereocenters. The van der Waals surface area contributed by atoms with E-state index in [1.165, 1.54) is 11.1 Å². The average Bonchev–Trinajstić information content (AvgIpc) is 3.44. The van der Waals surface area contributed by atoms with Gasteiger partial charge in [0.15, 0.2) is 0 Å². The maximum atomic E-state index is 12.9. The van der Waals surface area contributed by atoms with E-state index >= 15 is 0 Å². The second-order valence-corrected chi connectivity index (χ2v) is 7.63. The number of rotatable bonds is 6. The van der Waals surface area contributed by atoms with E-state index in [0.717, 1.165) is 32.1 Å². The molecule has 26 heavy (non-hydrogen) atoms. The molecule has 3 rings (SSSR count). The first kappa shape index (κ1) is 20.7. The smallest absolute Gasteiger partial charge is 0.242 e. The van der Waals surface area contributed by atoms with Crippen LogP contribution in [0, 0.1) is 5.92 Å². The van der Waals surface area contributed by atoms with Crippen molar-refractivity contribution in [2.75, 3.05) is 6.54 Å². The Morgan fingerprint density at radius 3 is 2.58 bits per heavy atom. The fourth-order valence-corrected chi connectivity index (χ4v) is 3.68. The number of nitrogens with zero attached hydrogens (tertiary/aromatic N) is 1. The van der Waals surface area contributed by atoms with Crippen molar-refractivity contribution in [2.24, 2.45) is 11.7 Å². The molecular formula is C20H30ClN3O2. The van der Waals surface area contributed by atoms with Crippen molar-refractivity contribution in [2.45, 2.75) is 64.1 Å². The van der Waals surface area contributed by atoms with Gasteiger partial charge >= 0.3 is 0 Å². The summed E-state index contributed by atoms with van der Waals surface area (Å²) >= 11 is 0. The fourth-order valence-electron chi connectivity index (χ4n) is 3.68. The minimum Gasteiger partial charge on any atom is -0.346 e. The first-order valence-electron chi connectivity index (χ1n) is 9.41. The molecule has 0 spiro atoms. The van der Waals surface area contributed by atoms with Crippen molar-refractivity contribution in [1.82, 2.24) is 10.2 Å². The topological polar surface area (TPSA) is 75.4 Å². The lowest BCUT2D eigenvalue weighted by atomic mass is 9.86. The van der Waals surface area contributed by atoms with E-state index in [1.54, 1.807) is 0 Å². The van der Waals surface area contributed by atoms with Crippen LogP contribution in [0.25, 0.3) is 0 Å². The molecule has 0 saturated heterocycles. The van der Waals surface area contributed by atoms with E-state index in [0.29, 0.717) is 6.04 Å². The summed E-state index contributed by atoms with van der Waals surface area (Å²) in [5, 5.41) is 2.73. The molecular weight excluding hydrogens is 350 g/mol. The molecule has 1 saturated carbocycles. The van der Waals surface area contributed by atoms with Crippen molar-refractivity contribution >= 4 is 24.2 Å². The van der Waals surface area contributed by atoms with Gasteiger partial charge < -0.3 is 16.0 Å². The van der Waals surface area contributed by atoms with Gasteiger partial charge in [-0.2, -0.15) is 0 Å². The summed E-state index contributed by atoms with van der Waals surface area (Å²) in [6, 6.07) is 8.32. The van der Waals surface area contributed by atoms with Crippen molar-refractivity contribution in [3.05, 3.63) is 35.4 Å². The largest absolute Gasteiger partial charge is 0.346 e. The van der Waals surface area contributed by atoms with Gasteiger partial charge in [0.25, 0.3) is 0 Å². The SMILES string of the molecule is CC(C)[C@H](N)C(=O)NCC(=O)N(C1CC1)C1CCCc2ccccc21.Cl. The molecule has 0 aliphatic heterocycles. The number of hydrogen-bond donors (Lipinski definition) is 2. The second-order valence-electron chi connectivity index (χ2n) is 7.63. The summed E-state index contributed by atoms with van der Waals surface area (Å²) in [6.45, 7) is 3.84. The van der Waals surface area contributed by atoms with Gasteiger partial charge in [-0.1, -0.05) is 38.1 Å². The summed E-state index contributed by atoms with van der Waals surface area (Å²) < 4.78 is 0. The Labute approximate surface area is 162 Å². The molecule has 1 aromatic rings. The minimum atomic E-state index is -0.572. The van der Waals surface area contributed by atoms with E-state index < -0.39 is 6.04 Å². The van der Waals surface area contributed by atoms with Crippen LogP contribution in [0.3, 0.4) is 0 Å². The highest BCUT2D eigenvalue weighted by molar-refractivity contribution is 5.88. The Hall–Kier alpha value is -1.59. The van der Waals surface area contributed by atoms with E-state index in [9.17, 15) is 9.59 Å². The van der Waals surface area contributed by atoms with Gasteiger partial charge in [0.2, 0.25) is 11.8 Å². The molecule has 144 valence electrons. The fraction of sp³-hybridized carbons (Fsp3) is 0.600. The van der Waals surface area contributed by atoms with E-state index in [1.807, 2.05) is 18.7 Å². The molecule has 0 aromatic heterocycles. The number of halogens is 1. The monoisotopic (exact) mass is 379 g/mol. The van der Waals surface area contributed by atoms with Crippen LogP contribution in [0.4, 0.5) is 0 Å². The molecule has 6 heteroatoms. The highest BCUT2D eigenvalue weighted by atomic mass is 35.5.